The van der Waals surface area contributed by atoms with E-state index in [0.29, 0.717) is 29.7 Å². The van der Waals surface area contributed by atoms with E-state index in [1.54, 1.807) is 0 Å². The Kier molecular flexibility index (Phi) is 4.73. The first-order chi connectivity index (χ1) is 10.1. The maximum absolute atomic E-state index is 13.0. The second kappa shape index (κ2) is 6.29. The van der Waals surface area contributed by atoms with E-state index in [1.165, 1.54) is 38.6 Å². The fraction of sp³-hybridized carbons (Fsp3) is 0.941. The highest BCUT2D eigenvalue weighted by Gasteiger charge is 2.50. The van der Waals surface area contributed by atoms with Gasteiger partial charge in [-0.15, -0.1) is 12.4 Å². The van der Waals surface area contributed by atoms with Crippen molar-refractivity contribution >= 4 is 18.3 Å². The van der Waals surface area contributed by atoms with Crippen LogP contribution in [-0.2, 0) is 4.79 Å². The van der Waals surface area contributed by atoms with Crippen LogP contribution in [0, 0.1) is 23.7 Å². The normalized spacial score (nSPS) is 44.5. The fourth-order valence-electron chi connectivity index (χ4n) is 5.77. The molecule has 2 saturated heterocycles. The molecule has 4 nitrogen and oxygen atoms in total. The van der Waals surface area contributed by atoms with Gasteiger partial charge in [0.25, 0.3) is 0 Å². The molecule has 2 bridgehead atoms. The van der Waals surface area contributed by atoms with Crippen molar-refractivity contribution in [2.75, 3.05) is 26.7 Å². The van der Waals surface area contributed by atoms with Crippen molar-refractivity contribution in [3.63, 3.8) is 0 Å². The Balaban J connectivity index is 0.00000144. The third-order valence-electron chi connectivity index (χ3n) is 6.92. The Hall–Kier alpha value is -0.320. The molecule has 6 atom stereocenters. The lowest BCUT2D eigenvalue weighted by atomic mass is 9.81. The number of amides is 1. The molecular weight excluding hydrogens is 298 g/mol. The van der Waals surface area contributed by atoms with E-state index < -0.39 is 0 Å². The molecule has 2 heterocycles. The molecular formula is C17H30ClN3O. The minimum absolute atomic E-state index is 0. The van der Waals surface area contributed by atoms with Crippen LogP contribution in [-0.4, -0.2) is 54.5 Å². The van der Waals surface area contributed by atoms with Gasteiger partial charge in [-0.2, -0.15) is 0 Å². The minimum Gasteiger partial charge on any atom is -0.342 e. The second-order valence-corrected chi connectivity index (χ2v) is 7.96. The third-order valence-corrected chi connectivity index (χ3v) is 6.92. The van der Waals surface area contributed by atoms with Gasteiger partial charge in [0, 0.05) is 25.2 Å². The molecule has 0 aromatic carbocycles. The van der Waals surface area contributed by atoms with Crippen molar-refractivity contribution in [3.8, 4) is 0 Å². The van der Waals surface area contributed by atoms with Crippen LogP contribution in [0.15, 0.2) is 0 Å². The predicted molar refractivity (Wildman–Crippen MR) is 89.9 cm³/mol. The van der Waals surface area contributed by atoms with Crippen LogP contribution in [0.3, 0.4) is 0 Å². The van der Waals surface area contributed by atoms with E-state index in [9.17, 15) is 4.79 Å². The van der Waals surface area contributed by atoms with Crippen LogP contribution < -0.4 is 5.73 Å². The highest BCUT2D eigenvalue weighted by atomic mass is 35.5. The van der Waals surface area contributed by atoms with Gasteiger partial charge in [0.05, 0.1) is 5.92 Å². The lowest BCUT2D eigenvalue weighted by Gasteiger charge is -2.47. The molecule has 22 heavy (non-hydrogen) atoms. The molecule has 2 aliphatic heterocycles. The first kappa shape index (κ1) is 16.5. The summed E-state index contributed by atoms with van der Waals surface area (Å²) in [7, 11) is 2.25. The van der Waals surface area contributed by atoms with Crippen LogP contribution in [0.4, 0.5) is 0 Å². The number of nitrogens with zero attached hydrogens (tertiary/aromatic N) is 2. The maximum Gasteiger partial charge on any atom is 0.227 e. The van der Waals surface area contributed by atoms with Crippen LogP contribution in [0.25, 0.3) is 0 Å². The van der Waals surface area contributed by atoms with E-state index in [4.69, 9.17) is 5.73 Å². The number of rotatable bonds is 1. The van der Waals surface area contributed by atoms with Crippen LogP contribution in [0.1, 0.15) is 38.5 Å². The molecule has 2 saturated carbocycles. The van der Waals surface area contributed by atoms with E-state index >= 15 is 0 Å². The highest BCUT2D eigenvalue weighted by molar-refractivity contribution is 5.85. The summed E-state index contributed by atoms with van der Waals surface area (Å²) >= 11 is 0. The first-order valence-corrected chi connectivity index (χ1v) is 8.89. The summed E-state index contributed by atoms with van der Waals surface area (Å²) in [6.45, 7) is 3.16. The summed E-state index contributed by atoms with van der Waals surface area (Å²) in [5.41, 5.74) is 6.37. The van der Waals surface area contributed by atoms with Gasteiger partial charge < -0.3 is 15.5 Å². The van der Waals surface area contributed by atoms with Gasteiger partial charge in [0.2, 0.25) is 5.91 Å². The molecule has 0 spiro atoms. The van der Waals surface area contributed by atoms with E-state index in [0.717, 1.165) is 19.5 Å². The Morgan fingerprint density at radius 3 is 2.55 bits per heavy atom. The zero-order valence-electron chi connectivity index (χ0n) is 13.6. The van der Waals surface area contributed by atoms with Crippen LogP contribution in [0.2, 0.25) is 0 Å². The summed E-state index contributed by atoms with van der Waals surface area (Å²) < 4.78 is 0. The van der Waals surface area contributed by atoms with Crippen molar-refractivity contribution in [1.82, 2.24) is 9.80 Å². The average Bonchev–Trinajstić information content (AvgIpc) is 3.07. The van der Waals surface area contributed by atoms with Gasteiger partial charge in [-0.3, -0.25) is 4.79 Å². The smallest absolute Gasteiger partial charge is 0.227 e. The molecule has 0 aromatic heterocycles. The van der Waals surface area contributed by atoms with Crippen molar-refractivity contribution in [3.05, 3.63) is 0 Å². The number of hydrogen-bond acceptors (Lipinski definition) is 3. The number of nitrogens with two attached hydrogens (primary N) is 1. The van der Waals surface area contributed by atoms with Crippen molar-refractivity contribution < 1.29 is 4.79 Å². The topological polar surface area (TPSA) is 49.6 Å². The third kappa shape index (κ3) is 2.57. The Morgan fingerprint density at radius 1 is 1.05 bits per heavy atom. The zero-order chi connectivity index (χ0) is 14.6. The van der Waals surface area contributed by atoms with E-state index in [2.05, 4.69) is 16.8 Å². The first-order valence-electron chi connectivity index (χ1n) is 8.89. The molecule has 2 N–H and O–H groups in total. The van der Waals surface area contributed by atoms with Crippen LogP contribution >= 0.6 is 12.4 Å². The average molecular weight is 328 g/mol. The molecule has 4 aliphatic rings. The monoisotopic (exact) mass is 327 g/mol. The molecule has 4 fully saturated rings. The van der Waals surface area contributed by atoms with Crippen LogP contribution in [0.5, 0.6) is 0 Å². The summed E-state index contributed by atoms with van der Waals surface area (Å²) in [5.74, 6) is 2.44. The van der Waals surface area contributed by atoms with Crippen molar-refractivity contribution in [1.29, 1.82) is 0 Å². The minimum atomic E-state index is 0. The molecule has 0 aromatic rings. The Morgan fingerprint density at radius 2 is 1.82 bits per heavy atom. The summed E-state index contributed by atoms with van der Waals surface area (Å²) in [5, 5.41) is 0. The molecule has 126 valence electrons. The van der Waals surface area contributed by atoms with E-state index in [-0.39, 0.29) is 24.4 Å². The summed E-state index contributed by atoms with van der Waals surface area (Å²) in [6, 6.07) is 0.847. The fourth-order valence-corrected chi connectivity index (χ4v) is 5.77. The quantitative estimate of drug-likeness (QED) is 0.798. The Bertz CT molecular complexity index is 430. The molecule has 2 aliphatic carbocycles. The molecule has 6 unspecified atom stereocenters. The Labute approximate surface area is 140 Å². The van der Waals surface area contributed by atoms with Gasteiger partial charge in [0.1, 0.15) is 0 Å². The van der Waals surface area contributed by atoms with Gasteiger partial charge >= 0.3 is 0 Å². The molecule has 5 heteroatoms. The highest BCUT2D eigenvalue weighted by Crippen LogP contribution is 2.48. The lowest BCUT2D eigenvalue weighted by molar-refractivity contribution is -0.141. The van der Waals surface area contributed by atoms with Gasteiger partial charge in [-0.25, -0.2) is 0 Å². The lowest BCUT2D eigenvalue weighted by Crippen LogP contribution is -2.56. The van der Waals surface area contributed by atoms with E-state index in [1.807, 2.05) is 0 Å². The maximum atomic E-state index is 13.0. The van der Waals surface area contributed by atoms with Gasteiger partial charge in [-0.1, -0.05) is 0 Å². The SMILES string of the molecule is CN1CCCC2CN(C(=O)C3C4CCC(C4)C3N)CCC21.Cl. The molecule has 4 rings (SSSR count). The number of carbonyl (C=O) groups excluding carboxylic acids is 1. The summed E-state index contributed by atoms with van der Waals surface area (Å²) in [4.78, 5) is 17.7. The number of hydrogen-bond donors (Lipinski definition) is 1. The molecule has 1 amide bonds. The van der Waals surface area contributed by atoms with Gasteiger partial charge in [0.15, 0.2) is 0 Å². The zero-order valence-corrected chi connectivity index (χ0v) is 14.4. The van der Waals surface area contributed by atoms with Crippen molar-refractivity contribution in [2.24, 2.45) is 29.4 Å². The largest absolute Gasteiger partial charge is 0.342 e. The van der Waals surface area contributed by atoms with Gasteiger partial charge in [-0.05, 0) is 69.9 Å². The standard InChI is InChI=1S/C17H29N3O.ClH/c1-19-7-2-3-13-10-20(8-6-14(13)19)17(21)15-11-4-5-12(9-11)16(15)18;/h11-16H,2-10,18H2,1H3;1H. The number of likely N-dealkylation sites (tertiary alicyclic amines) is 2. The van der Waals surface area contributed by atoms with Crippen molar-refractivity contribution in [2.45, 2.75) is 50.6 Å². The number of carbonyl (C=O) groups is 1. The summed E-state index contributed by atoms with van der Waals surface area (Å²) in [6.07, 6.45) is 7.43. The molecule has 0 radical (unpaired) electrons. The second-order valence-electron chi connectivity index (χ2n) is 7.96. The number of piperidine rings is 2. The predicted octanol–water partition coefficient (Wildman–Crippen LogP) is 1.72. The number of fused-ring (bicyclic) bond motifs is 3. The number of halogens is 1.